The molecule has 9 aromatic carbocycles. The van der Waals surface area contributed by atoms with Crippen LogP contribution in [0.4, 0.5) is 0 Å². The number of benzene rings is 9. The van der Waals surface area contributed by atoms with E-state index in [1.807, 2.05) is 42.5 Å². The van der Waals surface area contributed by atoms with Crippen molar-refractivity contribution in [2.45, 2.75) is 0 Å². The van der Waals surface area contributed by atoms with Gasteiger partial charge >= 0.3 is 0 Å². The number of hydrogen-bond acceptors (Lipinski definition) is 1. The highest BCUT2D eigenvalue weighted by Crippen LogP contribution is 2.50. The first-order chi connectivity index (χ1) is 28.1. The first-order valence-electron chi connectivity index (χ1n) is 21.4. The van der Waals surface area contributed by atoms with E-state index in [0.29, 0.717) is 33.8 Å². The lowest BCUT2D eigenvalue weighted by atomic mass is 9.87. The van der Waals surface area contributed by atoms with Crippen LogP contribution < -0.4 is 4.74 Å². The van der Waals surface area contributed by atoms with Gasteiger partial charge in [-0.15, -0.1) is 0 Å². The maximum Gasteiger partial charge on any atom is 0.135 e. The predicted molar refractivity (Wildman–Crippen MR) is 189 cm³/mol. The highest BCUT2D eigenvalue weighted by Gasteiger charge is 2.22. The van der Waals surface area contributed by atoms with E-state index < -0.39 is 54.4 Å². The molecule has 1 heteroatoms. The van der Waals surface area contributed by atoms with Crippen LogP contribution >= 0.6 is 0 Å². The smallest absolute Gasteiger partial charge is 0.135 e. The molecule has 0 saturated carbocycles. The average Bonchev–Trinajstić information content (AvgIpc) is 3.23. The van der Waals surface area contributed by atoms with Gasteiger partial charge in [-0.25, -0.2) is 0 Å². The molecular weight excluding hydrogens is 544 g/mol. The minimum Gasteiger partial charge on any atom is -0.456 e. The third-order valence-corrected chi connectivity index (χ3v) is 8.56. The number of rotatable bonds is 3. The van der Waals surface area contributed by atoms with E-state index in [0.717, 1.165) is 21.9 Å². The van der Waals surface area contributed by atoms with Gasteiger partial charge in [0.2, 0.25) is 0 Å². The molecule has 1 heterocycles. The van der Waals surface area contributed by atoms with Crippen LogP contribution in [-0.2, 0) is 0 Å². The summed E-state index contributed by atoms with van der Waals surface area (Å²) in [5.41, 5.74) is 4.03. The second kappa shape index (κ2) is 9.29. The van der Waals surface area contributed by atoms with Crippen molar-refractivity contribution in [3.8, 4) is 56.0 Å². The normalized spacial score (nSPS) is 16.5. The molecule has 0 unspecified atom stereocenters. The molecule has 0 amide bonds. The molecule has 208 valence electrons. The molecule has 1 aliphatic heterocycles. The fraction of sp³-hybridized carbons (Fsp3) is 0. The summed E-state index contributed by atoms with van der Waals surface area (Å²) in [4.78, 5) is 0. The lowest BCUT2D eigenvalue weighted by molar-refractivity contribution is 0.487. The van der Waals surface area contributed by atoms with Crippen molar-refractivity contribution in [3.05, 3.63) is 157 Å². The summed E-state index contributed by atoms with van der Waals surface area (Å²) in [6.45, 7) is 0. The van der Waals surface area contributed by atoms with Crippen molar-refractivity contribution in [1.82, 2.24) is 0 Å². The third-order valence-electron chi connectivity index (χ3n) is 8.56. The second-order valence-electron chi connectivity index (χ2n) is 11.0. The SMILES string of the molecule is [2H]c1c([2H])c([2H])c(-c2ccc3c(c2)-c2cccc4c(-c5cccc(-c6c([2H])c([2H])c7c([2H])c([2H])c8c([2H])c([2H])c([2H])c9c([2H])c([2H])c6c7c89)c5)ccc(c24)O3)c([2H])c1[2H]. The van der Waals surface area contributed by atoms with E-state index in [1.165, 1.54) is 0 Å². The van der Waals surface area contributed by atoms with E-state index >= 15 is 0 Å². The summed E-state index contributed by atoms with van der Waals surface area (Å²) >= 11 is 0. The first-order valence-corrected chi connectivity index (χ1v) is 14.4. The quantitative estimate of drug-likeness (QED) is 0.188. The zero-order valence-electron chi connectivity index (χ0n) is 37.3. The third kappa shape index (κ3) is 3.62. The van der Waals surface area contributed by atoms with Gasteiger partial charge in [0.05, 0.1) is 19.2 Å². The van der Waals surface area contributed by atoms with Crippen LogP contribution in [0.1, 0.15) is 19.2 Å². The van der Waals surface area contributed by atoms with Crippen LogP contribution in [0.2, 0.25) is 0 Å². The summed E-state index contributed by atoms with van der Waals surface area (Å²) < 4.78 is 128. The molecule has 45 heavy (non-hydrogen) atoms. The van der Waals surface area contributed by atoms with Crippen LogP contribution in [-0.4, -0.2) is 0 Å². The molecular formula is C44H26O. The Labute approximate surface area is 280 Å². The van der Waals surface area contributed by atoms with E-state index in [9.17, 15) is 2.74 Å². The van der Waals surface area contributed by atoms with Gasteiger partial charge < -0.3 is 4.74 Å². The molecule has 10 rings (SSSR count). The van der Waals surface area contributed by atoms with Gasteiger partial charge in [-0.1, -0.05) is 133 Å². The van der Waals surface area contributed by atoms with Gasteiger partial charge in [-0.05, 0) is 101 Å². The van der Waals surface area contributed by atoms with Crippen molar-refractivity contribution in [1.29, 1.82) is 0 Å². The second-order valence-corrected chi connectivity index (χ2v) is 11.0. The minimum atomic E-state index is -0.527. The molecule has 0 aromatic heterocycles. The largest absolute Gasteiger partial charge is 0.456 e. The fourth-order valence-electron chi connectivity index (χ4n) is 6.55. The predicted octanol–water partition coefficient (Wildman–Crippen LogP) is 12.5. The molecule has 0 saturated heterocycles. The van der Waals surface area contributed by atoms with Gasteiger partial charge in [-0.2, -0.15) is 0 Å². The Morgan fingerprint density at radius 3 is 1.98 bits per heavy atom. The lowest BCUT2D eigenvalue weighted by Crippen LogP contribution is -1.98. The van der Waals surface area contributed by atoms with Crippen LogP contribution in [0.25, 0.3) is 87.6 Å². The lowest BCUT2D eigenvalue weighted by Gasteiger charge is -2.23. The Hall–Kier alpha value is -5.92. The molecule has 0 spiro atoms. The topological polar surface area (TPSA) is 9.23 Å². The molecule has 0 radical (unpaired) electrons. The van der Waals surface area contributed by atoms with Crippen molar-refractivity contribution in [3.63, 3.8) is 0 Å². The Kier molecular flexibility index (Phi) is 3.04. The van der Waals surface area contributed by atoms with Crippen molar-refractivity contribution < 1.29 is 23.9 Å². The molecule has 0 N–H and O–H groups in total. The minimum absolute atomic E-state index is 0.0765. The molecule has 9 aromatic rings. The Balaban J connectivity index is 1.20. The Bertz CT molecular complexity index is 3360. The van der Waals surface area contributed by atoms with E-state index in [2.05, 4.69) is 0 Å². The molecule has 0 fully saturated rings. The monoisotopic (exact) mass is 584 g/mol. The number of ether oxygens (including phenoxy) is 1. The number of fused-ring (bicyclic) bond motifs is 2. The highest BCUT2D eigenvalue weighted by atomic mass is 16.5. The summed E-state index contributed by atoms with van der Waals surface area (Å²) in [6.07, 6.45) is 0. The molecule has 1 aliphatic rings. The van der Waals surface area contributed by atoms with Gasteiger partial charge in [0.1, 0.15) is 11.5 Å². The highest BCUT2D eigenvalue weighted by molar-refractivity contribution is 6.25. The summed E-state index contributed by atoms with van der Waals surface area (Å²) in [5, 5.41) is 1.58. The Morgan fingerprint density at radius 1 is 0.378 bits per heavy atom. The summed E-state index contributed by atoms with van der Waals surface area (Å²) in [6, 6.07) is 16.1. The van der Waals surface area contributed by atoms with E-state index in [1.54, 1.807) is 30.3 Å². The summed E-state index contributed by atoms with van der Waals surface area (Å²) in [7, 11) is 0. The standard InChI is InChI=1S/C44H26O/c1-2-7-27(8-3-1)31-19-23-40-39(26-31)37-14-6-13-36-35(22-24-41(45-40)44(36)37)33-12-5-11-32(25-33)34-20-17-30-16-15-28-9-4-10-29-18-21-38(34)43(30)42(28)29/h1-26H/i1D,2D,3D,4D,7D,8D,9D,10D,15D,16D,17D,18D,20D,21D. The average molecular weight is 585 g/mol. The molecule has 0 atom stereocenters. The van der Waals surface area contributed by atoms with Gasteiger partial charge in [0.15, 0.2) is 0 Å². The van der Waals surface area contributed by atoms with Crippen molar-refractivity contribution >= 4 is 43.1 Å². The Morgan fingerprint density at radius 2 is 1.11 bits per heavy atom. The van der Waals surface area contributed by atoms with Gasteiger partial charge in [0.25, 0.3) is 0 Å². The maximum absolute atomic E-state index is 9.26. The molecule has 0 aliphatic carbocycles. The van der Waals surface area contributed by atoms with Crippen molar-refractivity contribution in [2.24, 2.45) is 0 Å². The maximum atomic E-state index is 9.26. The molecule has 1 nitrogen and oxygen atoms in total. The van der Waals surface area contributed by atoms with E-state index in [4.69, 9.17) is 21.2 Å². The van der Waals surface area contributed by atoms with Crippen LogP contribution in [0.5, 0.6) is 11.5 Å². The summed E-state index contributed by atoms with van der Waals surface area (Å²) in [5.74, 6) is 1.11. The van der Waals surface area contributed by atoms with Crippen LogP contribution in [0.3, 0.4) is 0 Å². The van der Waals surface area contributed by atoms with E-state index in [-0.39, 0.29) is 73.7 Å². The van der Waals surface area contributed by atoms with Gasteiger partial charge in [0, 0.05) is 10.9 Å². The zero-order chi connectivity index (χ0) is 41.7. The fourth-order valence-corrected chi connectivity index (χ4v) is 6.55. The van der Waals surface area contributed by atoms with Crippen LogP contribution in [0, 0.1) is 0 Å². The number of hydrogen-bond donors (Lipinski definition) is 0. The zero-order valence-corrected chi connectivity index (χ0v) is 23.3. The first kappa shape index (κ1) is 14.7. The van der Waals surface area contributed by atoms with Crippen LogP contribution in [0.15, 0.2) is 157 Å². The van der Waals surface area contributed by atoms with Gasteiger partial charge in [-0.3, -0.25) is 0 Å². The van der Waals surface area contributed by atoms with Crippen molar-refractivity contribution in [2.75, 3.05) is 0 Å². The molecule has 0 bridgehead atoms.